The molecule has 1 atom stereocenters. The van der Waals surface area contributed by atoms with Gasteiger partial charge in [-0.05, 0) is 43.1 Å². The molecule has 1 aliphatic rings. The van der Waals surface area contributed by atoms with Crippen molar-refractivity contribution in [3.05, 3.63) is 46.2 Å². The van der Waals surface area contributed by atoms with Crippen LogP contribution in [0.4, 0.5) is 0 Å². The summed E-state index contributed by atoms with van der Waals surface area (Å²) in [7, 11) is 2.05. The molecule has 1 aromatic heterocycles. The predicted octanol–water partition coefficient (Wildman–Crippen LogP) is 3.22. The van der Waals surface area contributed by atoms with Gasteiger partial charge in [0, 0.05) is 13.1 Å². The van der Waals surface area contributed by atoms with E-state index in [1.807, 2.05) is 35.7 Å². The minimum absolute atomic E-state index is 0.0193. The smallest absolute Gasteiger partial charge is 0.169 e. The van der Waals surface area contributed by atoms with E-state index in [2.05, 4.69) is 11.9 Å². The van der Waals surface area contributed by atoms with Gasteiger partial charge in [0.25, 0.3) is 0 Å². The van der Waals surface area contributed by atoms with Gasteiger partial charge in [0.05, 0.1) is 4.88 Å². The topological polar surface area (TPSA) is 38.8 Å². The van der Waals surface area contributed by atoms with Crippen LogP contribution in [0.25, 0.3) is 0 Å². The fourth-order valence-corrected chi connectivity index (χ4v) is 3.33. The highest BCUT2D eigenvalue weighted by Crippen LogP contribution is 2.31. The van der Waals surface area contributed by atoms with Gasteiger partial charge < -0.3 is 9.47 Å². The van der Waals surface area contributed by atoms with Gasteiger partial charge in [-0.2, -0.15) is 0 Å². The van der Waals surface area contributed by atoms with Gasteiger partial charge in [0.2, 0.25) is 0 Å². The fourth-order valence-electron chi connectivity index (χ4n) is 2.52. The van der Waals surface area contributed by atoms with Crippen molar-refractivity contribution < 1.29 is 14.3 Å². The maximum absolute atomic E-state index is 11.3. The van der Waals surface area contributed by atoms with Crippen LogP contribution in [-0.2, 0) is 6.54 Å². The number of nitrogens with zero attached hydrogens (tertiary/aromatic N) is 1. The van der Waals surface area contributed by atoms with E-state index in [0.717, 1.165) is 35.0 Å². The average molecular weight is 317 g/mol. The third-order valence-corrected chi connectivity index (χ3v) is 4.62. The Kier molecular flexibility index (Phi) is 4.45. The summed E-state index contributed by atoms with van der Waals surface area (Å²) in [5.74, 6) is 1.74. The van der Waals surface area contributed by atoms with Crippen LogP contribution in [0.2, 0.25) is 0 Å². The highest BCUT2D eigenvalue weighted by molar-refractivity contribution is 7.12. The third kappa shape index (κ3) is 3.48. The number of para-hydroxylation sites is 2. The van der Waals surface area contributed by atoms with Crippen molar-refractivity contribution in [3.63, 3.8) is 0 Å². The summed E-state index contributed by atoms with van der Waals surface area (Å²) in [5.41, 5.74) is 1.16. The summed E-state index contributed by atoms with van der Waals surface area (Å²) in [4.78, 5) is 14.3. The molecule has 3 rings (SSSR count). The number of ketones is 1. The normalized spacial score (nSPS) is 16.8. The lowest BCUT2D eigenvalue weighted by Crippen LogP contribution is -2.39. The lowest BCUT2D eigenvalue weighted by Gasteiger charge is -2.29. The van der Waals surface area contributed by atoms with E-state index >= 15 is 0 Å². The second-order valence-corrected chi connectivity index (χ2v) is 6.48. The Morgan fingerprint density at radius 1 is 1.36 bits per heavy atom. The molecule has 116 valence electrons. The van der Waals surface area contributed by atoms with E-state index in [4.69, 9.17) is 9.47 Å². The first kappa shape index (κ1) is 15.1. The minimum Gasteiger partial charge on any atom is -0.486 e. The lowest BCUT2D eigenvalue weighted by molar-refractivity contribution is 0.0638. The van der Waals surface area contributed by atoms with E-state index in [-0.39, 0.29) is 11.9 Å². The Morgan fingerprint density at radius 3 is 2.86 bits per heavy atom. The van der Waals surface area contributed by atoms with Crippen LogP contribution in [0.3, 0.4) is 0 Å². The van der Waals surface area contributed by atoms with Gasteiger partial charge in [-0.1, -0.05) is 12.1 Å². The SMILES string of the molecule is CC(=O)c1cc(CN(C)C[C@@H]2COc3ccccc3O2)cs1. The molecule has 0 unspecified atom stereocenters. The van der Waals surface area contributed by atoms with Crippen LogP contribution < -0.4 is 9.47 Å². The molecule has 0 N–H and O–H groups in total. The number of hydrogen-bond donors (Lipinski definition) is 0. The monoisotopic (exact) mass is 317 g/mol. The van der Waals surface area contributed by atoms with Crippen LogP contribution in [0.5, 0.6) is 11.5 Å². The van der Waals surface area contributed by atoms with Crippen LogP contribution in [0, 0.1) is 0 Å². The minimum atomic E-state index is 0.0193. The molecule has 0 radical (unpaired) electrons. The standard InChI is InChI=1S/C17H19NO3S/c1-12(19)17-7-13(11-22-17)8-18(2)9-14-10-20-15-5-3-4-6-16(15)21-14/h3-7,11,14H,8-10H2,1-2H3/t14-/m1/s1. The fraction of sp³-hybridized carbons (Fsp3) is 0.353. The Balaban J connectivity index is 1.56. The number of ether oxygens (including phenoxy) is 2. The van der Waals surface area contributed by atoms with Crippen molar-refractivity contribution in [1.82, 2.24) is 4.90 Å². The zero-order chi connectivity index (χ0) is 15.5. The number of likely N-dealkylation sites (N-methyl/N-ethyl adjacent to an activating group) is 1. The number of benzene rings is 1. The van der Waals surface area contributed by atoms with Crippen LogP contribution in [-0.4, -0.2) is 37.0 Å². The quantitative estimate of drug-likeness (QED) is 0.794. The van der Waals surface area contributed by atoms with Gasteiger partial charge in [-0.3, -0.25) is 9.69 Å². The highest BCUT2D eigenvalue weighted by atomic mass is 32.1. The van der Waals surface area contributed by atoms with E-state index in [9.17, 15) is 4.79 Å². The summed E-state index contributed by atoms with van der Waals surface area (Å²) in [6, 6.07) is 9.71. The number of rotatable bonds is 5. The first-order valence-electron chi connectivity index (χ1n) is 7.27. The summed E-state index contributed by atoms with van der Waals surface area (Å²) in [5, 5.41) is 2.04. The van der Waals surface area contributed by atoms with Gasteiger partial charge in [-0.15, -0.1) is 11.3 Å². The summed E-state index contributed by atoms with van der Waals surface area (Å²) in [6.45, 7) is 3.73. The van der Waals surface area contributed by atoms with Crippen molar-refractivity contribution in [3.8, 4) is 11.5 Å². The van der Waals surface area contributed by atoms with Crippen molar-refractivity contribution >= 4 is 17.1 Å². The van der Waals surface area contributed by atoms with Crippen molar-refractivity contribution in [2.75, 3.05) is 20.2 Å². The van der Waals surface area contributed by atoms with E-state index in [1.54, 1.807) is 6.92 Å². The summed E-state index contributed by atoms with van der Waals surface area (Å²) >= 11 is 1.50. The number of Topliss-reactive ketones (excluding diaryl/α,β-unsaturated/α-hetero) is 1. The molecule has 1 aliphatic heterocycles. The third-order valence-electron chi connectivity index (χ3n) is 3.54. The lowest BCUT2D eigenvalue weighted by atomic mass is 10.2. The molecule has 0 spiro atoms. The van der Waals surface area contributed by atoms with Gasteiger partial charge >= 0.3 is 0 Å². The van der Waals surface area contributed by atoms with Crippen LogP contribution in [0.15, 0.2) is 35.7 Å². The average Bonchev–Trinajstić information content (AvgIpc) is 2.95. The van der Waals surface area contributed by atoms with Crippen molar-refractivity contribution in [2.24, 2.45) is 0 Å². The molecule has 1 aromatic carbocycles. The van der Waals surface area contributed by atoms with Crippen LogP contribution >= 0.6 is 11.3 Å². The molecule has 5 heteroatoms. The Morgan fingerprint density at radius 2 is 2.14 bits per heavy atom. The molecule has 0 aliphatic carbocycles. The first-order chi connectivity index (χ1) is 10.6. The van der Waals surface area contributed by atoms with E-state index < -0.39 is 0 Å². The molecule has 22 heavy (non-hydrogen) atoms. The first-order valence-corrected chi connectivity index (χ1v) is 8.15. The Labute approximate surface area is 134 Å². The number of hydrogen-bond acceptors (Lipinski definition) is 5. The zero-order valence-corrected chi connectivity index (χ0v) is 13.6. The number of carbonyl (C=O) groups is 1. The maximum Gasteiger partial charge on any atom is 0.169 e. The van der Waals surface area contributed by atoms with E-state index in [1.165, 1.54) is 11.3 Å². The molecule has 0 saturated carbocycles. The molecule has 0 saturated heterocycles. The van der Waals surface area contributed by atoms with Gasteiger partial charge in [0.15, 0.2) is 17.3 Å². The Hall–Kier alpha value is -1.85. The second-order valence-electron chi connectivity index (χ2n) is 5.57. The number of carbonyl (C=O) groups excluding carboxylic acids is 1. The van der Waals surface area contributed by atoms with Gasteiger partial charge in [-0.25, -0.2) is 0 Å². The zero-order valence-electron chi connectivity index (χ0n) is 12.7. The summed E-state index contributed by atoms with van der Waals surface area (Å²) in [6.07, 6.45) is 0.0193. The maximum atomic E-state index is 11.3. The molecular weight excluding hydrogens is 298 g/mol. The molecule has 0 bridgehead atoms. The van der Waals surface area contributed by atoms with E-state index in [0.29, 0.717) is 6.61 Å². The number of fused-ring (bicyclic) bond motifs is 1. The van der Waals surface area contributed by atoms with Gasteiger partial charge in [0.1, 0.15) is 12.7 Å². The molecule has 4 nitrogen and oxygen atoms in total. The number of thiophene rings is 1. The Bertz CT molecular complexity index is 667. The molecular formula is C17H19NO3S. The molecule has 2 heterocycles. The van der Waals surface area contributed by atoms with Crippen molar-refractivity contribution in [1.29, 1.82) is 0 Å². The molecule has 0 fully saturated rings. The molecule has 2 aromatic rings. The highest BCUT2D eigenvalue weighted by Gasteiger charge is 2.22. The van der Waals surface area contributed by atoms with Crippen LogP contribution in [0.1, 0.15) is 22.2 Å². The second kappa shape index (κ2) is 6.50. The summed E-state index contributed by atoms with van der Waals surface area (Å²) < 4.78 is 11.7. The molecule has 0 amide bonds. The predicted molar refractivity (Wildman–Crippen MR) is 87.0 cm³/mol. The van der Waals surface area contributed by atoms with Crippen molar-refractivity contribution in [2.45, 2.75) is 19.6 Å². The largest absolute Gasteiger partial charge is 0.486 e.